The molecule has 0 spiro atoms. The molecule has 5 nitrogen and oxygen atoms in total. The number of aryl methyl sites for hydroxylation is 2. The van der Waals surface area contributed by atoms with Gasteiger partial charge in [0.25, 0.3) is 0 Å². The van der Waals surface area contributed by atoms with Gasteiger partial charge in [-0.2, -0.15) is 13.2 Å². The summed E-state index contributed by atoms with van der Waals surface area (Å²) in [4.78, 5) is 24.6. The number of hydrogen-bond acceptors (Lipinski definition) is 4. The van der Waals surface area contributed by atoms with E-state index in [9.17, 15) is 22.8 Å². The summed E-state index contributed by atoms with van der Waals surface area (Å²) in [7, 11) is 1.46. The van der Waals surface area contributed by atoms with Crippen molar-refractivity contribution in [2.75, 3.05) is 25.6 Å². The number of ketones is 1. The van der Waals surface area contributed by atoms with Crippen molar-refractivity contribution in [3.63, 3.8) is 0 Å². The van der Waals surface area contributed by atoms with E-state index < -0.39 is 17.6 Å². The lowest BCUT2D eigenvalue weighted by Crippen LogP contribution is -2.16. The lowest BCUT2D eigenvalue weighted by atomic mass is 10.0. The van der Waals surface area contributed by atoms with Crippen LogP contribution < -0.4 is 10.1 Å². The Labute approximate surface area is 173 Å². The van der Waals surface area contributed by atoms with E-state index in [1.54, 1.807) is 12.1 Å². The molecule has 0 aliphatic rings. The molecular formula is C22H24F3NO4. The SMILES string of the molecule is COCCOc1ccc(C(F)(F)F)cc1NC(=O)CCC(=O)c1ccc(C)c(C)c1. The van der Waals surface area contributed by atoms with E-state index in [0.29, 0.717) is 5.56 Å². The topological polar surface area (TPSA) is 64.6 Å². The lowest BCUT2D eigenvalue weighted by Gasteiger charge is -2.15. The first-order chi connectivity index (χ1) is 14.1. The highest BCUT2D eigenvalue weighted by Gasteiger charge is 2.31. The number of Topliss-reactive ketones (excluding diaryl/α,β-unsaturated/α-hetero) is 1. The van der Waals surface area contributed by atoms with Gasteiger partial charge in [0.15, 0.2) is 5.78 Å². The van der Waals surface area contributed by atoms with Crippen LogP contribution in [0.3, 0.4) is 0 Å². The molecule has 0 atom stereocenters. The monoisotopic (exact) mass is 423 g/mol. The molecule has 0 saturated heterocycles. The Kier molecular flexibility index (Phi) is 8.00. The zero-order valence-corrected chi connectivity index (χ0v) is 17.1. The van der Waals surface area contributed by atoms with Crippen molar-refractivity contribution in [3.05, 3.63) is 58.7 Å². The number of hydrogen-bond donors (Lipinski definition) is 1. The molecule has 0 bridgehead atoms. The van der Waals surface area contributed by atoms with Gasteiger partial charge in [0.1, 0.15) is 12.4 Å². The number of nitrogens with one attached hydrogen (secondary N) is 1. The standard InChI is InChI=1S/C22H24F3NO4/c1-14-4-5-16(12-15(14)2)19(27)7-9-21(28)26-18-13-17(22(23,24)25)6-8-20(18)30-11-10-29-3/h4-6,8,12-13H,7,9-11H2,1-3H3,(H,26,28). The number of benzene rings is 2. The van der Waals surface area contributed by atoms with Crippen molar-refractivity contribution < 1.29 is 32.2 Å². The summed E-state index contributed by atoms with van der Waals surface area (Å²) in [5, 5.41) is 2.42. The predicted octanol–water partition coefficient (Wildman–Crippen LogP) is 4.95. The first-order valence-corrected chi connectivity index (χ1v) is 9.35. The van der Waals surface area contributed by atoms with E-state index >= 15 is 0 Å². The van der Waals surface area contributed by atoms with Crippen molar-refractivity contribution in [1.29, 1.82) is 0 Å². The third-order valence-corrected chi connectivity index (χ3v) is 4.53. The molecule has 0 saturated carbocycles. The number of halogens is 3. The fraction of sp³-hybridized carbons (Fsp3) is 0.364. The summed E-state index contributed by atoms with van der Waals surface area (Å²) in [5.74, 6) is -0.703. The molecule has 30 heavy (non-hydrogen) atoms. The highest BCUT2D eigenvalue weighted by Crippen LogP contribution is 2.35. The molecule has 1 amide bonds. The number of anilines is 1. The molecule has 0 radical (unpaired) electrons. The number of ether oxygens (including phenoxy) is 2. The Morgan fingerprint density at radius 1 is 0.967 bits per heavy atom. The summed E-state index contributed by atoms with van der Waals surface area (Å²) < 4.78 is 49.3. The van der Waals surface area contributed by atoms with Gasteiger partial charge in [-0.1, -0.05) is 12.1 Å². The number of amides is 1. The summed E-state index contributed by atoms with van der Waals surface area (Å²) in [6.45, 7) is 4.16. The minimum Gasteiger partial charge on any atom is -0.489 e. The molecule has 8 heteroatoms. The van der Waals surface area contributed by atoms with Gasteiger partial charge >= 0.3 is 6.18 Å². The molecular weight excluding hydrogens is 399 g/mol. The zero-order valence-electron chi connectivity index (χ0n) is 17.1. The Morgan fingerprint density at radius 3 is 2.33 bits per heavy atom. The van der Waals surface area contributed by atoms with E-state index in [1.165, 1.54) is 7.11 Å². The Morgan fingerprint density at radius 2 is 1.70 bits per heavy atom. The molecule has 2 rings (SSSR count). The number of carbonyl (C=O) groups excluding carboxylic acids is 2. The van der Waals surface area contributed by atoms with Gasteiger partial charge in [-0.15, -0.1) is 0 Å². The average Bonchev–Trinajstić information content (AvgIpc) is 2.68. The third kappa shape index (κ3) is 6.59. The Bertz CT molecular complexity index is 910. The molecule has 2 aromatic rings. The zero-order chi connectivity index (χ0) is 22.3. The first kappa shape index (κ1) is 23.4. The fourth-order valence-corrected chi connectivity index (χ4v) is 2.66. The maximum Gasteiger partial charge on any atom is 0.416 e. The van der Waals surface area contributed by atoms with Crippen LogP contribution in [0.2, 0.25) is 0 Å². The van der Waals surface area contributed by atoms with Gasteiger partial charge in [0.05, 0.1) is 17.9 Å². The molecule has 0 heterocycles. The summed E-state index contributed by atoms with van der Waals surface area (Å²) in [6.07, 6.45) is -4.80. The van der Waals surface area contributed by atoms with Crippen molar-refractivity contribution in [2.24, 2.45) is 0 Å². The molecule has 162 valence electrons. The summed E-state index contributed by atoms with van der Waals surface area (Å²) in [5.41, 5.74) is 1.49. The molecule has 0 unspecified atom stereocenters. The second kappa shape index (κ2) is 10.2. The van der Waals surface area contributed by atoms with Crippen LogP contribution in [0.15, 0.2) is 36.4 Å². The van der Waals surface area contributed by atoms with Crippen LogP contribution in [0.4, 0.5) is 18.9 Å². The van der Waals surface area contributed by atoms with Crippen molar-refractivity contribution in [3.8, 4) is 5.75 Å². The molecule has 0 aromatic heterocycles. The molecule has 0 aliphatic heterocycles. The van der Waals surface area contributed by atoms with E-state index in [1.807, 2.05) is 19.9 Å². The third-order valence-electron chi connectivity index (χ3n) is 4.53. The van der Waals surface area contributed by atoms with Crippen molar-refractivity contribution in [1.82, 2.24) is 0 Å². The maximum atomic E-state index is 13.0. The molecule has 0 fully saturated rings. The predicted molar refractivity (Wildman–Crippen MR) is 107 cm³/mol. The van der Waals surface area contributed by atoms with Gasteiger partial charge in [-0.25, -0.2) is 0 Å². The van der Waals surface area contributed by atoms with Crippen LogP contribution >= 0.6 is 0 Å². The van der Waals surface area contributed by atoms with Crippen LogP contribution in [-0.4, -0.2) is 32.0 Å². The van der Waals surface area contributed by atoms with E-state index in [-0.39, 0.29) is 43.3 Å². The van der Waals surface area contributed by atoms with E-state index in [2.05, 4.69) is 5.32 Å². The number of alkyl halides is 3. The summed E-state index contributed by atoms with van der Waals surface area (Å²) in [6, 6.07) is 8.11. The number of carbonyl (C=O) groups is 2. The van der Waals surface area contributed by atoms with Gasteiger partial charge in [0, 0.05) is 25.5 Å². The lowest BCUT2D eigenvalue weighted by molar-refractivity contribution is -0.137. The second-order valence-corrected chi connectivity index (χ2v) is 6.82. The van der Waals surface area contributed by atoms with E-state index in [4.69, 9.17) is 9.47 Å². The normalized spacial score (nSPS) is 11.3. The van der Waals surface area contributed by atoms with E-state index in [0.717, 1.165) is 29.3 Å². The Hall–Kier alpha value is -2.87. The van der Waals surface area contributed by atoms with Crippen LogP contribution in [0.25, 0.3) is 0 Å². The van der Waals surface area contributed by atoms with Crippen molar-refractivity contribution >= 4 is 17.4 Å². The molecule has 2 aromatic carbocycles. The highest BCUT2D eigenvalue weighted by molar-refractivity contribution is 6.00. The minimum absolute atomic E-state index is 0.0623. The highest BCUT2D eigenvalue weighted by atomic mass is 19.4. The smallest absolute Gasteiger partial charge is 0.416 e. The Balaban J connectivity index is 2.07. The fourth-order valence-electron chi connectivity index (χ4n) is 2.66. The quantitative estimate of drug-likeness (QED) is 0.458. The van der Waals surface area contributed by atoms with Crippen molar-refractivity contribution in [2.45, 2.75) is 32.9 Å². The molecule has 0 aliphatic carbocycles. The molecule has 1 N–H and O–H groups in total. The summed E-state index contributed by atoms with van der Waals surface area (Å²) >= 11 is 0. The van der Waals surface area contributed by atoms with Crippen LogP contribution in [0.5, 0.6) is 5.75 Å². The van der Waals surface area contributed by atoms with Gasteiger partial charge in [-0.3, -0.25) is 9.59 Å². The van der Waals surface area contributed by atoms with Gasteiger partial charge < -0.3 is 14.8 Å². The van der Waals surface area contributed by atoms with Crippen LogP contribution in [0.1, 0.15) is 39.9 Å². The number of methoxy groups -OCH3 is 1. The first-order valence-electron chi connectivity index (χ1n) is 9.35. The van der Waals surface area contributed by atoms with Gasteiger partial charge in [0.2, 0.25) is 5.91 Å². The average molecular weight is 423 g/mol. The van der Waals surface area contributed by atoms with Crippen LogP contribution in [-0.2, 0) is 15.7 Å². The largest absolute Gasteiger partial charge is 0.489 e. The van der Waals surface area contributed by atoms with Crippen LogP contribution in [0, 0.1) is 13.8 Å². The van der Waals surface area contributed by atoms with Gasteiger partial charge in [-0.05, 0) is 49.2 Å². The minimum atomic E-state index is -4.57. The maximum absolute atomic E-state index is 13.0. The number of rotatable bonds is 9. The second-order valence-electron chi connectivity index (χ2n) is 6.82.